The second-order valence-electron chi connectivity index (χ2n) is 6.05. The van der Waals surface area contributed by atoms with Crippen molar-refractivity contribution in [3.63, 3.8) is 0 Å². The van der Waals surface area contributed by atoms with Gasteiger partial charge in [0.1, 0.15) is 5.75 Å². The average molecular weight is 364 g/mol. The minimum atomic E-state index is -0.215. The summed E-state index contributed by atoms with van der Waals surface area (Å²) >= 11 is 1.41. The second kappa shape index (κ2) is 6.80. The monoisotopic (exact) mass is 364 g/mol. The van der Waals surface area contributed by atoms with Crippen molar-refractivity contribution in [2.45, 2.75) is 11.9 Å². The first-order chi connectivity index (χ1) is 12.6. The van der Waals surface area contributed by atoms with Crippen LogP contribution in [0.5, 0.6) is 5.75 Å². The topological polar surface area (TPSA) is 68.3 Å². The van der Waals surface area contributed by atoms with Gasteiger partial charge in [-0.2, -0.15) is 0 Å². The number of hydrogen-bond donors (Lipinski definition) is 1. The minimum Gasteiger partial charge on any atom is -0.482 e. The summed E-state index contributed by atoms with van der Waals surface area (Å²) in [5.41, 5.74) is 3.15. The highest BCUT2D eigenvalue weighted by Crippen LogP contribution is 2.29. The third-order valence-electron chi connectivity index (χ3n) is 4.19. The minimum absolute atomic E-state index is 0.00310. The van der Waals surface area contributed by atoms with Crippen LogP contribution in [0.1, 0.15) is 15.9 Å². The van der Waals surface area contributed by atoms with Gasteiger partial charge in [0, 0.05) is 10.9 Å². The van der Waals surface area contributed by atoms with E-state index in [0.717, 1.165) is 21.5 Å². The number of hydrogen-bond acceptors (Lipinski definition) is 5. The van der Waals surface area contributed by atoms with Crippen molar-refractivity contribution in [3.8, 4) is 5.75 Å². The number of nitrogens with one attached hydrogen (secondary N) is 1. The number of amides is 1. The molecule has 3 aromatic rings. The number of carbonyl (C=O) groups is 2. The normalized spacial score (nSPS) is 13.0. The summed E-state index contributed by atoms with van der Waals surface area (Å²) in [4.78, 5) is 28.6. The molecule has 0 atom stereocenters. The number of aryl methyl sites for hydroxylation is 1. The van der Waals surface area contributed by atoms with Gasteiger partial charge >= 0.3 is 0 Å². The molecule has 1 aromatic heterocycles. The molecule has 6 heteroatoms. The maximum absolute atomic E-state index is 12.5. The lowest BCUT2D eigenvalue weighted by molar-refractivity contribution is -0.118. The van der Waals surface area contributed by atoms with Crippen LogP contribution in [0.2, 0.25) is 0 Å². The predicted molar refractivity (Wildman–Crippen MR) is 102 cm³/mol. The van der Waals surface area contributed by atoms with Gasteiger partial charge in [0.05, 0.1) is 22.0 Å². The van der Waals surface area contributed by atoms with Crippen molar-refractivity contribution in [1.29, 1.82) is 0 Å². The van der Waals surface area contributed by atoms with Crippen molar-refractivity contribution in [2.75, 3.05) is 17.7 Å². The summed E-state index contributed by atoms with van der Waals surface area (Å²) < 4.78 is 5.32. The molecule has 4 rings (SSSR count). The molecule has 2 aromatic carbocycles. The van der Waals surface area contributed by atoms with Crippen LogP contribution in [0.4, 0.5) is 5.69 Å². The van der Waals surface area contributed by atoms with Crippen molar-refractivity contribution in [2.24, 2.45) is 0 Å². The Balaban J connectivity index is 1.51. The smallest absolute Gasteiger partial charge is 0.262 e. The third-order valence-corrected chi connectivity index (χ3v) is 5.10. The molecule has 0 radical (unpaired) electrons. The molecular formula is C20H16N2O3S. The van der Waals surface area contributed by atoms with Crippen LogP contribution in [-0.4, -0.2) is 29.0 Å². The highest BCUT2D eigenvalue weighted by atomic mass is 32.2. The number of aromatic nitrogens is 1. The number of ether oxygens (including phenoxy) is 1. The van der Waals surface area contributed by atoms with E-state index in [-0.39, 0.29) is 24.1 Å². The van der Waals surface area contributed by atoms with Crippen LogP contribution in [0.3, 0.4) is 0 Å². The van der Waals surface area contributed by atoms with E-state index < -0.39 is 0 Å². The van der Waals surface area contributed by atoms with Gasteiger partial charge in [-0.3, -0.25) is 9.59 Å². The molecule has 0 spiro atoms. The van der Waals surface area contributed by atoms with Gasteiger partial charge in [-0.25, -0.2) is 4.98 Å². The van der Waals surface area contributed by atoms with Crippen LogP contribution in [0.25, 0.3) is 10.9 Å². The zero-order chi connectivity index (χ0) is 18.1. The van der Waals surface area contributed by atoms with Gasteiger partial charge in [0.25, 0.3) is 5.91 Å². The van der Waals surface area contributed by atoms with E-state index in [1.807, 2.05) is 37.3 Å². The summed E-state index contributed by atoms with van der Waals surface area (Å²) in [6.07, 6.45) is 0. The van der Waals surface area contributed by atoms with Crippen molar-refractivity contribution < 1.29 is 14.3 Å². The first-order valence-corrected chi connectivity index (χ1v) is 9.18. The molecule has 0 unspecified atom stereocenters. The van der Waals surface area contributed by atoms with E-state index in [1.54, 1.807) is 18.2 Å². The van der Waals surface area contributed by atoms with E-state index in [4.69, 9.17) is 4.74 Å². The Bertz CT molecular complexity index is 1030. The molecule has 0 saturated heterocycles. The van der Waals surface area contributed by atoms with Gasteiger partial charge in [0.15, 0.2) is 12.4 Å². The van der Waals surface area contributed by atoms with Crippen LogP contribution < -0.4 is 10.1 Å². The quantitative estimate of drug-likeness (QED) is 0.563. The van der Waals surface area contributed by atoms with Gasteiger partial charge in [0.2, 0.25) is 0 Å². The van der Waals surface area contributed by atoms with E-state index in [1.165, 1.54) is 11.8 Å². The van der Waals surface area contributed by atoms with Gasteiger partial charge < -0.3 is 10.1 Å². The highest BCUT2D eigenvalue weighted by Gasteiger charge is 2.18. The standard InChI is InChI=1S/C20H16N2O3S/c1-12-8-20(22-15-5-3-2-4-14(12)15)26-11-17(23)13-6-7-18-16(9-13)21-19(24)10-25-18/h2-9H,10-11H2,1H3,(H,21,24). The molecule has 1 amide bonds. The van der Waals surface area contributed by atoms with Gasteiger partial charge in [-0.05, 0) is 42.8 Å². The number of Topliss-reactive ketones (excluding diaryl/α,β-unsaturated/α-hetero) is 1. The number of anilines is 1. The Labute approximate surface area is 154 Å². The largest absolute Gasteiger partial charge is 0.482 e. The number of benzene rings is 2. The summed E-state index contributed by atoms with van der Waals surface area (Å²) in [6.45, 7) is 2.05. The summed E-state index contributed by atoms with van der Waals surface area (Å²) in [7, 11) is 0. The fourth-order valence-corrected chi connectivity index (χ4v) is 3.74. The van der Waals surface area contributed by atoms with Crippen molar-refractivity contribution in [3.05, 3.63) is 59.7 Å². The Kier molecular flexibility index (Phi) is 4.34. The van der Waals surface area contributed by atoms with E-state index in [2.05, 4.69) is 10.3 Å². The first kappa shape index (κ1) is 16.6. The average Bonchev–Trinajstić information content (AvgIpc) is 2.65. The molecule has 1 N–H and O–H groups in total. The lowest BCUT2D eigenvalue weighted by atomic mass is 10.1. The number of thioether (sulfide) groups is 1. The summed E-state index contributed by atoms with van der Waals surface area (Å²) in [6, 6.07) is 15.1. The molecule has 2 heterocycles. The van der Waals surface area contributed by atoms with Crippen LogP contribution in [0, 0.1) is 6.92 Å². The number of nitrogens with zero attached hydrogens (tertiary/aromatic N) is 1. The fraction of sp³-hybridized carbons (Fsp3) is 0.150. The molecule has 5 nitrogen and oxygen atoms in total. The summed E-state index contributed by atoms with van der Waals surface area (Å²) in [5, 5.41) is 4.66. The third kappa shape index (κ3) is 3.28. The number of ketones is 1. The fourth-order valence-electron chi connectivity index (χ4n) is 2.87. The molecule has 1 aliphatic rings. The van der Waals surface area contributed by atoms with Gasteiger partial charge in [-0.15, -0.1) is 0 Å². The Hall–Kier alpha value is -2.86. The SMILES string of the molecule is Cc1cc(SCC(=O)c2ccc3c(c2)NC(=O)CO3)nc2ccccc12. The van der Waals surface area contributed by atoms with Crippen molar-refractivity contribution in [1.82, 2.24) is 4.98 Å². The molecule has 0 fully saturated rings. The molecular weight excluding hydrogens is 348 g/mol. The predicted octanol–water partition coefficient (Wildman–Crippen LogP) is 3.85. The molecule has 0 bridgehead atoms. The Morgan fingerprint density at radius 3 is 2.96 bits per heavy atom. The number of para-hydroxylation sites is 1. The molecule has 1 aliphatic heterocycles. The number of pyridine rings is 1. The Morgan fingerprint density at radius 1 is 1.23 bits per heavy atom. The lowest BCUT2D eigenvalue weighted by Crippen LogP contribution is -2.25. The Morgan fingerprint density at radius 2 is 2.08 bits per heavy atom. The zero-order valence-corrected chi connectivity index (χ0v) is 14.9. The lowest BCUT2D eigenvalue weighted by Gasteiger charge is -2.18. The number of rotatable bonds is 4. The van der Waals surface area contributed by atoms with E-state index in [0.29, 0.717) is 17.0 Å². The second-order valence-corrected chi connectivity index (χ2v) is 7.05. The molecule has 130 valence electrons. The molecule has 0 aliphatic carbocycles. The highest BCUT2D eigenvalue weighted by molar-refractivity contribution is 7.99. The molecule has 26 heavy (non-hydrogen) atoms. The maximum atomic E-state index is 12.5. The van der Waals surface area contributed by atoms with E-state index >= 15 is 0 Å². The van der Waals surface area contributed by atoms with Crippen LogP contribution in [0.15, 0.2) is 53.6 Å². The maximum Gasteiger partial charge on any atom is 0.262 e. The van der Waals surface area contributed by atoms with E-state index in [9.17, 15) is 9.59 Å². The van der Waals surface area contributed by atoms with Gasteiger partial charge in [-0.1, -0.05) is 30.0 Å². The number of fused-ring (bicyclic) bond motifs is 2. The van der Waals surface area contributed by atoms with Crippen molar-refractivity contribution >= 4 is 40.0 Å². The van der Waals surface area contributed by atoms with Crippen LogP contribution >= 0.6 is 11.8 Å². The zero-order valence-electron chi connectivity index (χ0n) is 14.1. The number of carbonyl (C=O) groups excluding carboxylic acids is 2. The molecule has 0 saturated carbocycles. The van der Waals surface area contributed by atoms with Crippen LogP contribution in [-0.2, 0) is 4.79 Å². The summed E-state index contributed by atoms with van der Waals surface area (Å²) in [5.74, 6) is 0.622. The first-order valence-electron chi connectivity index (χ1n) is 8.19.